The van der Waals surface area contributed by atoms with E-state index in [0.29, 0.717) is 10.7 Å². The molecule has 1 aliphatic heterocycles. The van der Waals surface area contributed by atoms with Gasteiger partial charge in [-0.3, -0.25) is 0 Å². The van der Waals surface area contributed by atoms with Gasteiger partial charge in [-0.15, -0.1) is 0 Å². The molecule has 4 rings (SSSR count). The summed E-state index contributed by atoms with van der Waals surface area (Å²) in [5.74, 6) is 1.49. The molecule has 0 bridgehead atoms. The van der Waals surface area contributed by atoms with Gasteiger partial charge in [0, 0.05) is 24.0 Å². The zero-order valence-corrected chi connectivity index (χ0v) is 11.1. The molecule has 3 heterocycles. The number of hydrogen-bond acceptors (Lipinski definition) is 4. The number of nitrogens with zero attached hydrogens (tertiary/aromatic N) is 2. The fourth-order valence-electron chi connectivity index (χ4n) is 2.22. The predicted molar refractivity (Wildman–Crippen MR) is 76.2 cm³/mol. The highest BCUT2D eigenvalue weighted by atomic mass is 35.5. The molecule has 0 saturated heterocycles. The smallest absolute Gasteiger partial charge is 0.231 e. The number of hydrogen-bond donors (Lipinski definition) is 1. The average molecular weight is 288 g/mol. The van der Waals surface area contributed by atoms with E-state index in [1.165, 1.54) is 0 Å². The Balaban J connectivity index is 1.86. The molecule has 0 aliphatic carbocycles. The third kappa shape index (κ3) is 1.67. The van der Waals surface area contributed by atoms with Crippen LogP contribution in [0.2, 0.25) is 5.02 Å². The van der Waals surface area contributed by atoms with E-state index in [1.54, 1.807) is 12.3 Å². The molecular formula is C14H10ClN3O2. The van der Waals surface area contributed by atoms with E-state index in [0.717, 1.165) is 28.4 Å². The van der Waals surface area contributed by atoms with Crippen LogP contribution in [-0.4, -0.2) is 16.2 Å². The first kappa shape index (κ1) is 11.4. The minimum absolute atomic E-state index is 0.260. The standard InChI is InChI=1S/C14H10ClN3O2/c15-9-4-14-17-11(6-18(14)5-10(9)16)8-1-2-12-13(3-8)20-7-19-12/h1-6H,7,16H2. The van der Waals surface area contributed by atoms with Crippen LogP contribution in [0.3, 0.4) is 0 Å². The molecule has 1 aliphatic rings. The monoisotopic (exact) mass is 287 g/mol. The lowest BCUT2D eigenvalue weighted by molar-refractivity contribution is 0.174. The van der Waals surface area contributed by atoms with E-state index < -0.39 is 0 Å². The zero-order valence-electron chi connectivity index (χ0n) is 10.3. The molecule has 2 aromatic heterocycles. The number of fused-ring (bicyclic) bond motifs is 2. The van der Waals surface area contributed by atoms with Gasteiger partial charge in [-0.1, -0.05) is 11.6 Å². The summed E-state index contributed by atoms with van der Waals surface area (Å²) < 4.78 is 12.5. The molecule has 0 radical (unpaired) electrons. The van der Waals surface area contributed by atoms with Gasteiger partial charge in [0.2, 0.25) is 6.79 Å². The lowest BCUT2D eigenvalue weighted by Gasteiger charge is -1.98. The summed E-state index contributed by atoms with van der Waals surface area (Å²) in [6.07, 6.45) is 3.65. The van der Waals surface area contributed by atoms with Gasteiger partial charge >= 0.3 is 0 Å². The fourth-order valence-corrected chi connectivity index (χ4v) is 2.37. The molecule has 0 unspecified atom stereocenters. The van der Waals surface area contributed by atoms with E-state index in [4.69, 9.17) is 26.8 Å². The van der Waals surface area contributed by atoms with Crippen molar-refractivity contribution in [3.63, 3.8) is 0 Å². The van der Waals surface area contributed by atoms with Gasteiger partial charge in [0.25, 0.3) is 0 Å². The molecule has 2 N–H and O–H groups in total. The molecule has 3 aromatic rings. The van der Waals surface area contributed by atoms with Crippen molar-refractivity contribution >= 4 is 22.9 Å². The van der Waals surface area contributed by atoms with Crippen molar-refractivity contribution in [2.24, 2.45) is 0 Å². The summed E-state index contributed by atoms with van der Waals surface area (Å²) in [5, 5.41) is 0.500. The highest BCUT2D eigenvalue weighted by molar-refractivity contribution is 6.33. The van der Waals surface area contributed by atoms with Gasteiger partial charge in [0.15, 0.2) is 11.5 Å². The van der Waals surface area contributed by atoms with Crippen LogP contribution in [0.5, 0.6) is 11.5 Å². The van der Waals surface area contributed by atoms with Crippen molar-refractivity contribution in [2.45, 2.75) is 0 Å². The average Bonchev–Trinajstić information content (AvgIpc) is 3.04. The highest BCUT2D eigenvalue weighted by Gasteiger charge is 2.15. The summed E-state index contributed by atoms with van der Waals surface area (Å²) >= 11 is 6.00. The Hall–Kier alpha value is -2.40. The predicted octanol–water partition coefficient (Wildman–Crippen LogP) is 2.97. The van der Waals surface area contributed by atoms with Crippen LogP contribution in [0.15, 0.2) is 36.7 Å². The quantitative estimate of drug-likeness (QED) is 0.747. The number of aromatic nitrogens is 2. The Morgan fingerprint density at radius 2 is 2.00 bits per heavy atom. The molecule has 5 nitrogen and oxygen atoms in total. The van der Waals surface area contributed by atoms with E-state index in [-0.39, 0.29) is 6.79 Å². The summed E-state index contributed by atoms with van der Waals surface area (Å²) in [6.45, 7) is 0.260. The molecule has 6 heteroatoms. The molecule has 0 atom stereocenters. The van der Waals surface area contributed by atoms with Crippen LogP contribution < -0.4 is 15.2 Å². The number of halogens is 1. The molecule has 0 saturated carbocycles. The Bertz CT molecular complexity index is 790. The molecular weight excluding hydrogens is 278 g/mol. The van der Waals surface area contributed by atoms with Crippen molar-refractivity contribution in [2.75, 3.05) is 12.5 Å². The number of rotatable bonds is 1. The van der Waals surface area contributed by atoms with Crippen molar-refractivity contribution in [3.05, 3.63) is 41.7 Å². The van der Waals surface area contributed by atoms with E-state index >= 15 is 0 Å². The molecule has 1 aromatic carbocycles. The molecule has 0 amide bonds. The molecule has 20 heavy (non-hydrogen) atoms. The minimum atomic E-state index is 0.260. The number of imidazole rings is 1. The lowest BCUT2D eigenvalue weighted by Crippen LogP contribution is -1.92. The Morgan fingerprint density at radius 3 is 2.90 bits per heavy atom. The maximum Gasteiger partial charge on any atom is 0.231 e. The highest BCUT2D eigenvalue weighted by Crippen LogP contribution is 2.35. The topological polar surface area (TPSA) is 61.8 Å². The first-order valence-electron chi connectivity index (χ1n) is 6.04. The molecule has 100 valence electrons. The minimum Gasteiger partial charge on any atom is -0.454 e. The van der Waals surface area contributed by atoms with Crippen molar-refractivity contribution in [1.29, 1.82) is 0 Å². The van der Waals surface area contributed by atoms with Gasteiger partial charge < -0.3 is 19.6 Å². The first-order valence-corrected chi connectivity index (χ1v) is 6.42. The summed E-state index contributed by atoms with van der Waals surface area (Å²) in [4.78, 5) is 4.54. The van der Waals surface area contributed by atoms with Crippen molar-refractivity contribution in [3.8, 4) is 22.8 Å². The van der Waals surface area contributed by atoms with Crippen LogP contribution in [0, 0.1) is 0 Å². The fraction of sp³-hybridized carbons (Fsp3) is 0.0714. The van der Waals surface area contributed by atoms with Gasteiger partial charge in [0.05, 0.1) is 16.4 Å². The van der Waals surface area contributed by atoms with Crippen molar-refractivity contribution < 1.29 is 9.47 Å². The van der Waals surface area contributed by atoms with Gasteiger partial charge in [-0.05, 0) is 18.2 Å². The third-order valence-electron chi connectivity index (χ3n) is 3.24. The number of pyridine rings is 1. The van der Waals surface area contributed by atoms with Gasteiger partial charge in [0.1, 0.15) is 5.65 Å². The SMILES string of the molecule is Nc1cn2cc(-c3ccc4c(c3)OCO4)nc2cc1Cl. The first-order chi connectivity index (χ1) is 9.70. The van der Waals surface area contributed by atoms with Crippen LogP contribution in [0.1, 0.15) is 0 Å². The summed E-state index contributed by atoms with van der Waals surface area (Å²) in [6, 6.07) is 7.48. The number of nitrogen functional groups attached to an aromatic ring is 1. The second kappa shape index (κ2) is 4.05. The maximum atomic E-state index is 6.00. The number of ether oxygens (including phenoxy) is 2. The zero-order chi connectivity index (χ0) is 13.7. The van der Waals surface area contributed by atoms with Gasteiger partial charge in [-0.25, -0.2) is 4.98 Å². The third-order valence-corrected chi connectivity index (χ3v) is 3.57. The van der Waals surface area contributed by atoms with Crippen molar-refractivity contribution in [1.82, 2.24) is 9.38 Å². The second-order valence-electron chi connectivity index (χ2n) is 4.54. The number of nitrogens with two attached hydrogens (primary N) is 1. The van der Waals surface area contributed by atoms with E-state index in [1.807, 2.05) is 28.8 Å². The Kier molecular flexibility index (Phi) is 2.31. The Labute approximate surface area is 119 Å². The Morgan fingerprint density at radius 1 is 1.15 bits per heavy atom. The normalized spacial score (nSPS) is 13.1. The van der Waals surface area contributed by atoms with Gasteiger partial charge in [-0.2, -0.15) is 0 Å². The summed E-state index contributed by atoms with van der Waals surface area (Å²) in [7, 11) is 0. The molecule has 0 fully saturated rings. The molecule has 0 spiro atoms. The summed E-state index contributed by atoms with van der Waals surface area (Å²) in [5.41, 5.74) is 8.84. The van der Waals surface area contributed by atoms with E-state index in [9.17, 15) is 0 Å². The maximum absolute atomic E-state index is 6.00. The number of benzene rings is 1. The van der Waals surface area contributed by atoms with Crippen LogP contribution in [0.25, 0.3) is 16.9 Å². The van der Waals surface area contributed by atoms with Crippen LogP contribution in [-0.2, 0) is 0 Å². The number of anilines is 1. The van der Waals surface area contributed by atoms with Crippen LogP contribution >= 0.6 is 11.6 Å². The van der Waals surface area contributed by atoms with Crippen LogP contribution in [0.4, 0.5) is 5.69 Å². The van der Waals surface area contributed by atoms with E-state index in [2.05, 4.69) is 4.98 Å². The lowest BCUT2D eigenvalue weighted by atomic mass is 10.1. The second-order valence-corrected chi connectivity index (χ2v) is 4.94. The largest absolute Gasteiger partial charge is 0.454 e.